The zero-order chi connectivity index (χ0) is 24.3. The van der Waals surface area contributed by atoms with Crippen LogP contribution in [0.5, 0.6) is 0 Å². The number of carbonyl (C=O) groups is 2. The summed E-state index contributed by atoms with van der Waals surface area (Å²) < 4.78 is 29.1. The summed E-state index contributed by atoms with van der Waals surface area (Å²) in [5.41, 5.74) is 1.61. The molecule has 9 heteroatoms. The largest absolute Gasteiger partial charge is 0.274 e. The number of nitrogens with zero attached hydrogens (tertiary/aromatic N) is 3. The van der Waals surface area contributed by atoms with Gasteiger partial charge in [-0.2, -0.15) is 9.57 Å². The molecule has 0 N–H and O–H groups in total. The van der Waals surface area contributed by atoms with E-state index in [1.807, 2.05) is 36.4 Å². The second-order valence-corrected chi connectivity index (χ2v) is 10.6. The van der Waals surface area contributed by atoms with Gasteiger partial charge in [0.05, 0.1) is 28.6 Å². The molecule has 34 heavy (non-hydrogen) atoms. The van der Waals surface area contributed by atoms with Crippen molar-refractivity contribution >= 4 is 43.5 Å². The van der Waals surface area contributed by atoms with Crippen molar-refractivity contribution in [1.82, 2.24) is 4.31 Å². The third-order valence-corrected chi connectivity index (χ3v) is 8.06. The lowest BCUT2D eigenvalue weighted by Crippen LogP contribution is -2.46. The van der Waals surface area contributed by atoms with Gasteiger partial charge in [0.15, 0.2) is 0 Å². The van der Waals surface area contributed by atoms with E-state index in [9.17, 15) is 18.0 Å². The Morgan fingerprint density at radius 2 is 1.62 bits per heavy atom. The second kappa shape index (κ2) is 9.89. The zero-order valence-electron chi connectivity index (χ0n) is 18.0. The van der Waals surface area contributed by atoms with Gasteiger partial charge in [0.2, 0.25) is 15.9 Å². The van der Waals surface area contributed by atoms with E-state index in [0.717, 1.165) is 19.2 Å². The number of sulfonamides is 1. The molecule has 0 aromatic heterocycles. The Labute approximate surface area is 206 Å². The molecule has 1 aliphatic rings. The SMILES string of the molecule is N#Cc1ccc(N2C(=O)CC(N(CCc3ccccc3)S(=O)(=O)c3ccc(Br)cc3)C2=O)cc1. The maximum Gasteiger partial charge on any atom is 0.252 e. The minimum absolute atomic E-state index is 0.0350. The van der Waals surface area contributed by atoms with Gasteiger partial charge in [-0.1, -0.05) is 46.3 Å². The minimum Gasteiger partial charge on any atom is -0.274 e. The molecule has 172 valence electrons. The lowest BCUT2D eigenvalue weighted by atomic mass is 10.1. The van der Waals surface area contributed by atoms with Crippen LogP contribution in [0.4, 0.5) is 5.69 Å². The highest BCUT2D eigenvalue weighted by Crippen LogP contribution is 2.30. The standard InChI is InChI=1S/C25H20BrN3O4S/c26-20-8-12-22(13-9-20)34(32,33)28(15-14-18-4-2-1-3-5-18)23-16-24(30)29(25(23)31)21-10-6-19(17-27)7-11-21/h1-13,23H,14-16H2. The van der Waals surface area contributed by atoms with E-state index in [2.05, 4.69) is 15.9 Å². The molecular formula is C25H20BrN3O4S. The van der Waals surface area contributed by atoms with Crippen molar-refractivity contribution in [2.45, 2.75) is 23.8 Å². The molecule has 1 aliphatic heterocycles. The Kier molecular flexibility index (Phi) is 6.93. The Hall–Kier alpha value is -3.32. The minimum atomic E-state index is -4.07. The number of rotatable bonds is 7. The van der Waals surface area contributed by atoms with Crippen molar-refractivity contribution in [3.8, 4) is 6.07 Å². The average Bonchev–Trinajstić information content (AvgIpc) is 3.13. The summed E-state index contributed by atoms with van der Waals surface area (Å²) in [6, 6.07) is 22.4. The molecule has 1 fully saturated rings. The maximum absolute atomic E-state index is 13.6. The molecule has 1 saturated heterocycles. The third-order valence-electron chi connectivity index (χ3n) is 5.61. The zero-order valence-corrected chi connectivity index (χ0v) is 20.4. The lowest BCUT2D eigenvalue weighted by molar-refractivity contribution is -0.122. The van der Waals surface area contributed by atoms with Crippen LogP contribution in [0, 0.1) is 11.3 Å². The summed E-state index contributed by atoms with van der Waals surface area (Å²) in [6.07, 6.45) is 0.120. The molecule has 1 heterocycles. The first-order valence-electron chi connectivity index (χ1n) is 10.5. The number of carbonyl (C=O) groups excluding carboxylic acids is 2. The first-order valence-corrected chi connectivity index (χ1v) is 12.7. The van der Waals surface area contributed by atoms with Crippen LogP contribution >= 0.6 is 15.9 Å². The van der Waals surface area contributed by atoms with Crippen LogP contribution < -0.4 is 4.90 Å². The topological polar surface area (TPSA) is 98.5 Å². The van der Waals surface area contributed by atoms with E-state index >= 15 is 0 Å². The number of imide groups is 1. The Balaban J connectivity index is 1.69. The van der Waals surface area contributed by atoms with Crippen molar-refractivity contribution < 1.29 is 18.0 Å². The van der Waals surface area contributed by atoms with Crippen LogP contribution in [0.1, 0.15) is 17.5 Å². The predicted octanol–water partition coefficient (Wildman–Crippen LogP) is 3.89. The average molecular weight is 538 g/mol. The number of amides is 2. The van der Waals surface area contributed by atoms with Gasteiger partial charge in [0.25, 0.3) is 5.91 Å². The van der Waals surface area contributed by atoms with Gasteiger partial charge in [-0.05, 0) is 60.5 Å². The summed E-state index contributed by atoms with van der Waals surface area (Å²) in [7, 11) is -4.07. The maximum atomic E-state index is 13.6. The summed E-state index contributed by atoms with van der Waals surface area (Å²) in [5, 5.41) is 9.01. The van der Waals surface area contributed by atoms with Gasteiger partial charge < -0.3 is 0 Å². The van der Waals surface area contributed by atoms with E-state index in [4.69, 9.17) is 5.26 Å². The van der Waals surface area contributed by atoms with Crippen molar-refractivity contribution in [3.63, 3.8) is 0 Å². The van der Waals surface area contributed by atoms with E-state index in [0.29, 0.717) is 17.7 Å². The van der Waals surface area contributed by atoms with Crippen LogP contribution in [0.25, 0.3) is 0 Å². The highest BCUT2D eigenvalue weighted by atomic mass is 79.9. The highest BCUT2D eigenvalue weighted by molar-refractivity contribution is 9.10. The molecule has 3 aromatic rings. The number of hydrogen-bond donors (Lipinski definition) is 0. The molecular weight excluding hydrogens is 518 g/mol. The highest BCUT2D eigenvalue weighted by Gasteiger charge is 2.46. The van der Waals surface area contributed by atoms with Crippen molar-refractivity contribution in [2.75, 3.05) is 11.4 Å². The van der Waals surface area contributed by atoms with E-state index in [1.165, 1.54) is 36.4 Å². The van der Waals surface area contributed by atoms with Crippen molar-refractivity contribution in [1.29, 1.82) is 5.26 Å². The molecule has 0 spiro atoms. The summed E-state index contributed by atoms with van der Waals surface area (Å²) in [5.74, 6) is -1.10. The van der Waals surface area contributed by atoms with Gasteiger partial charge in [-0.25, -0.2) is 13.3 Å². The van der Waals surface area contributed by atoms with Crippen molar-refractivity contribution in [2.24, 2.45) is 0 Å². The first kappa shape index (κ1) is 23.8. The van der Waals surface area contributed by atoms with E-state index in [1.54, 1.807) is 12.1 Å². The molecule has 0 aliphatic carbocycles. The van der Waals surface area contributed by atoms with Gasteiger partial charge in [-0.15, -0.1) is 0 Å². The molecule has 2 amide bonds. The second-order valence-electron chi connectivity index (χ2n) is 7.75. The van der Waals surface area contributed by atoms with Crippen LogP contribution in [-0.2, 0) is 26.0 Å². The lowest BCUT2D eigenvalue weighted by Gasteiger charge is -2.27. The fourth-order valence-electron chi connectivity index (χ4n) is 3.87. The normalized spacial score (nSPS) is 16.1. The number of halogens is 1. The number of benzene rings is 3. The Morgan fingerprint density at radius 3 is 2.24 bits per heavy atom. The fourth-order valence-corrected chi connectivity index (χ4v) is 5.71. The van der Waals surface area contributed by atoms with E-state index < -0.39 is 27.9 Å². The van der Waals surface area contributed by atoms with Gasteiger partial charge >= 0.3 is 0 Å². The smallest absolute Gasteiger partial charge is 0.252 e. The van der Waals surface area contributed by atoms with Crippen LogP contribution in [0.15, 0.2) is 88.2 Å². The van der Waals surface area contributed by atoms with Gasteiger partial charge in [-0.3, -0.25) is 9.59 Å². The Bertz CT molecular complexity index is 1350. The molecule has 1 unspecified atom stereocenters. The van der Waals surface area contributed by atoms with E-state index in [-0.39, 0.29) is 17.9 Å². The number of nitriles is 1. The van der Waals surface area contributed by atoms with Gasteiger partial charge in [0, 0.05) is 11.0 Å². The fraction of sp³-hybridized carbons (Fsp3) is 0.160. The number of anilines is 1. The molecule has 3 aromatic carbocycles. The molecule has 4 rings (SSSR count). The van der Waals surface area contributed by atoms with Gasteiger partial charge in [0.1, 0.15) is 6.04 Å². The molecule has 0 saturated carbocycles. The van der Waals surface area contributed by atoms with Crippen LogP contribution in [-0.4, -0.2) is 37.1 Å². The summed E-state index contributed by atoms with van der Waals surface area (Å²) in [6.45, 7) is 0.0350. The van der Waals surface area contributed by atoms with Crippen molar-refractivity contribution in [3.05, 3.63) is 94.5 Å². The quantitative estimate of drug-likeness (QED) is 0.426. The van der Waals surface area contributed by atoms with Crippen LogP contribution in [0.3, 0.4) is 0 Å². The third kappa shape index (κ3) is 4.80. The summed E-state index contributed by atoms with van der Waals surface area (Å²) >= 11 is 3.30. The molecule has 7 nitrogen and oxygen atoms in total. The first-order chi connectivity index (χ1) is 16.3. The predicted molar refractivity (Wildman–Crippen MR) is 130 cm³/mol. The Morgan fingerprint density at radius 1 is 0.971 bits per heavy atom. The molecule has 0 radical (unpaired) electrons. The van der Waals surface area contributed by atoms with Crippen LogP contribution in [0.2, 0.25) is 0 Å². The number of hydrogen-bond acceptors (Lipinski definition) is 5. The summed E-state index contributed by atoms with van der Waals surface area (Å²) in [4.78, 5) is 27.3. The monoisotopic (exact) mass is 537 g/mol. The molecule has 1 atom stereocenters. The molecule has 0 bridgehead atoms.